The molecule has 0 bridgehead atoms. The molecule has 3 heteroatoms. The number of rotatable bonds is 3. The van der Waals surface area contributed by atoms with Crippen LogP contribution in [0.3, 0.4) is 0 Å². The number of benzene rings is 1. The summed E-state index contributed by atoms with van der Waals surface area (Å²) >= 11 is 0. The summed E-state index contributed by atoms with van der Waals surface area (Å²) in [4.78, 5) is 10.1. The number of fused-ring (bicyclic) bond motifs is 1. The van der Waals surface area contributed by atoms with Gasteiger partial charge in [0.15, 0.2) is 11.5 Å². The van der Waals surface area contributed by atoms with Crippen molar-refractivity contribution in [1.82, 2.24) is 0 Å². The molecular weight excluding hydrogens is 168 g/mol. The first kappa shape index (κ1) is 8.10. The lowest BCUT2D eigenvalue weighted by Crippen LogP contribution is -1.93. The lowest BCUT2D eigenvalue weighted by Gasteiger charge is -1.99. The summed E-state index contributed by atoms with van der Waals surface area (Å²) < 4.78 is 10.4. The van der Waals surface area contributed by atoms with Crippen LogP contribution in [0.2, 0.25) is 0 Å². The average Bonchev–Trinajstić information content (AvgIpc) is 2.61. The quantitative estimate of drug-likeness (QED) is 0.654. The molecule has 1 radical (unpaired) electrons. The topological polar surface area (TPSA) is 35.5 Å². The third kappa shape index (κ3) is 1.64. The smallest absolute Gasteiger partial charge is 0.231 e. The summed E-state index contributed by atoms with van der Waals surface area (Å²) in [5.74, 6) is 1.53. The minimum absolute atomic E-state index is 0.288. The number of carbonyl (C=O) groups excluding carboxylic acids is 1. The fourth-order valence-electron chi connectivity index (χ4n) is 1.25. The van der Waals surface area contributed by atoms with Crippen molar-refractivity contribution in [2.24, 2.45) is 0 Å². The Balaban J connectivity index is 2.16. The van der Waals surface area contributed by atoms with Gasteiger partial charge in [-0.2, -0.15) is 0 Å². The normalized spacial score (nSPS) is 12.9. The SMILES string of the molecule is O=C[CH]Cc1ccc2c(c1)OCO2. The molecule has 1 aromatic rings. The van der Waals surface area contributed by atoms with Crippen LogP contribution in [0, 0.1) is 6.42 Å². The highest BCUT2D eigenvalue weighted by Gasteiger charge is 2.12. The Morgan fingerprint density at radius 1 is 1.31 bits per heavy atom. The molecule has 13 heavy (non-hydrogen) atoms. The number of ether oxygens (including phenoxy) is 2. The van der Waals surface area contributed by atoms with Gasteiger partial charge in [0.05, 0.1) is 0 Å². The van der Waals surface area contributed by atoms with Crippen LogP contribution in [0.25, 0.3) is 0 Å². The Labute approximate surface area is 76.3 Å². The summed E-state index contributed by atoms with van der Waals surface area (Å²) in [6.45, 7) is 0.288. The van der Waals surface area contributed by atoms with Crippen LogP contribution in [0.1, 0.15) is 5.56 Å². The van der Waals surface area contributed by atoms with E-state index in [1.54, 1.807) is 6.42 Å². The standard InChI is InChI=1S/C10H9O3/c11-5-1-2-8-3-4-9-10(6-8)13-7-12-9/h1,3-6H,2,7H2. The van der Waals surface area contributed by atoms with Crippen molar-refractivity contribution in [2.45, 2.75) is 6.42 Å². The molecule has 0 atom stereocenters. The molecule has 0 saturated heterocycles. The number of aldehydes is 1. The maximum Gasteiger partial charge on any atom is 0.231 e. The number of hydrogen-bond donors (Lipinski definition) is 0. The van der Waals surface area contributed by atoms with Crippen LogP contribution < -0.4 is 9.47 Å². The maximum atomic E-state index is 10.1. The van der Waals surface area contributed by atoms with Gasteiger partial charge >= 0.3 is 0 Å². The van der Waals surface area contributed by atoms with Gasteiger partial charge in [-0.1, -0.05) is 6.07 Å². The van der Waals surface area contributed by atoms with E-state index in [1.807, 2.05) is 18.2 Å². The van der Waals surface area contributed by atoms with Crippen molar-refractivity contribution >= 4 is 6.29 Å². The monoisotopic (exact) mass is 177 g/mol. The molecule has 1 aliphatic heterocycles. The molecule has 1 aliphatic rings. The molecule has 1 aromatic carbocycles. The predicted molar refractivity (Wildman–Crippen MR) is 46.6 cm³/mol. The summed E-state index contributed by atoms with van der Waals surface area (Å²) in [5, 5.41) is 0. The molecule has 0 amide bonds. The lowest BCUT2D eigenvalue weighted by atomic mass is 10.1. The molecule has 0 aromatic heterocycles. The molecule has 0 aliphatic carbocycles. The van der Waals surface area contributed by atoms with E-state index in [-0.39, 0.29) is 6.79 Å². The van der Waals surface area contributed by atoms with Crippen LogP contribution in [0.5, 0.6) is 11.5 Å². The molecule has 1 heterocycles. The molecular formula is C10H9O3. The Hall–Kier alpha value is -1.51. The molecule has 0 fully saturated rings. The van der Waals surface area contributed by atoms with Crippen molar-refractivity contribution in [3.05, 3.63) is 30.2 Å². The zero-order chi connectivity index (χ0) is 9.10. The van der Waals surface area contributed by atoms with E-state index in [0.29, 0.717) is 6.42 Å². The molecule has 0 unspecified atom stereocenters. The predicted octanol–water partition coefficient (Wildman–Crippen LogP) is 1.36. The van der Waals surface area contributed by atoms with Gasteiger partial charge in [0.1, 0.15) is 6.29 Å². The third-order valence-electron chi connectivity index (χ3n) is 1.89. The largest absolute Gasteiger partial charge is 0.454 e. The molecule has 67 valence electrons. The summed E-state index contributed by atoms with van der Waals surface area (Å²) in [6.07, 6.45) is 3.00. The first-order valence-electron chi connectivity index (χ1n) is 4.05. The summed E-state index contributed by atoms with van der Waals surface area (Å²) in [7, 11) is 0. The van der Waals surface area contributed by atoms with Crippen molar-refractivity contribution in [2.75, 3.05) is 6.79 Å². The Morgan fingerprint density at radius 3 is 3.00 bits per heavy atom. The Morgan fingerprint density at radius 2 is 2.15 bits per heavy atom. The van der Waals surface area contributed by atoms with Crippen molar-refractivity contribution < 1.29 is 14.3 Å². The van der Waals surface area contributed by atoms with Gasteiger partial charge in [-0.15, -0.1) is 0 Å². The van der Waals surface area contributed by atoms with E-state index in [4.69, 9.17) is 9.47 Å². The zero-order valence-electron chi connectivity index (χ0n) is 7.03. The Bertz CT molecular complexity index is 320. The van der Waals surface area contributed by atoms with Gasteiger partial charge in [-0.05, 0) is 24.1 Å². The van der Waals surface area contributed by atoms with Gasteiger partial charge < -0.3 is 14.3 Å². The molecule has 0 saturated carbocycles. The summed E-state index contributed by atoms with van der Waals surface area (Å²) in [5.41, 5.74) is 1.05. The highest BCUT2D eigenvalue weighted by atomic mass is 16.7. The molecule has 2 rings (SSSR count). The van der Waals surface area contributed by atoms with E-state index in [9.17, 15) is 4.79 Å². The Kier molecular flexibility index (Phi) is 2.17. The number of hydrogen-bond acceptors (Lipinski definition) is 3. The average molecular weight is 177 g/mol. The van der Waals surface area contributed by atoms with Gasteiger partial charge in [0, 0.05) is 6.42 Å². The highest BCUT2D eigenvalue weighted by molar-refractivity contribution is 5.62. The van der Waals surface area contributed by atoms with Crippen molar-refractivity contribution in [1.29, 1.82) is 0 Å². The third-order valence-corrected chi connectivity index (χ3v) is 1.89. The van der Waals surface area contributed by atoms with Gasteiger partial charge in [0.25, 0.3) is 0 Å². The van der Waals surface area contributed by atoms with E-state index in [1.165, 1.54) is 0 Å². The second-order valence-electron chi connectivity index (χ2n) is 2.76. The van der Waals surface area contributed by atoms with E-state index < -0.39 is 0 Å². The minimum atomic E-state index is 0.288. The van der Waals surface area contributed by atoms with E-state index in [0.717, 1.165) is 23.3 Å². The molecule has 0 N–H and O–H groups in total. The fraction of sp³-hybridized carbons (Fsp3) is 0.200. The fourth-order valence-corrected chi connectivity index (χ4v) is 1.25. The molecule has 0 spiro atoms. The second-order valence-corrected chi connectivity index (χ2v) is 2.76. The zero-order valence-corrected chi connectivity index (χ0v) is 7.03. The van der Waals surface area contributed by atoms with Crippen LogP contribution in [-0.4, -0.2) is 13.1 Å². The van der Waals surface area contributed by atoms with Crippen molar-refractivity contribution in [3.63, 3.8) is 0 Å². The molecule has 3 nitrogen and oxygen atoms in total. The van der Waals surface area contributed by atoms with Gasteiger partial charge in [-0.3, -0.25) is 0 Å². The van der Waals surface area contributed by atoms with E-state index in [2.05, 4.69) is 0 Å². The highest BCUT2D eigenvalue weighted by Crippen LogP contribution is 2.32. The van der Waals surface area contributed by atoms with Gasteiger partial charge in [0.2, 0.25) is 6.79 Å². The van der Waals surface area contributed by atoms with Gasteiger partial charge in [-0.25, -0.2) is 0 Å². The van der Waals surface area contributed by atoms with Crippen LogP contribution in [0.15, 0.2) is 18.2 Å². The first-order chi connectivity index (χ1) is 6.40. The second kappa shape index (κ2) is 3.47. The van der Waals surface area contributed by atoms with Crippen molar-refractivity contribution in [3.8, 4) is 11.5 Å². The maximum absolute atomic E-state index is 10.1. The lowest BCUT2D eigenvalue weighted by molar-refractivity contribution is -0.105. The minimum Gasteiger partial charge on any atom is -0.454 e. The van der Waals surface area contributed by atoms with E-state index >= 15 is 0 Å². The summed E-state index contributed by atoms with van der Waals surface area (Å²) in [6, 6.07) is 5.67. The van der Waals surface area contributed by atoms with Crippen LogP contribution in [-0.2, 0) is 11.2 Å². The van der Waals surface area contributed by atoms with Crippen LogP contribution >= 0.6 is 0 Å². The first-order valence-corrected chi connectivity index (χ1v) is 4.05. The van der Waals surface area contributed by atoms with Crippen LogP contribution in [0.4, 0.5) is 0 Å². The number of carbonyl (C=O) groups is 1.